The van der Waals surface area contributed by atoms with Crippen LogP contribution in [-0.4, -0.2) is 61.9 Å². The van der Waals surface area contributed by atoms with Crippen LogP contribution in [0.2, 0.25) is 0 Å². The zero-order valence-corrected chi connectivity index (χ0v) is 22.9. The maximum atomic E-state index is 13.3. The van der Waals surface area contributed by atoms with Gasteiger partial charge in [0.2, 0.25) is 17.7 Å². The molecule has 3 amide bonds. The number of carbonyl (C=O) groups excluding carboxylic acids is 3. The highest BCUT2D eigenvalue weighted by atomic mass is 16.5. The standard InChI is InChI=1S/C27H46N8O4/c28-11-3-1-7-22(25(37)32-13-5-6-14-33-27(30)31)35-26(38)23(8-2-4-12-29)34-24(36)16-19-9-10-20-17-39-18-21(20)15-19/h9-10,15,22-23H,1-8,11-14,16-18,28-29H2,(H,32,37)(H,34,36)(H,35,38)(H4,30,31,33)/t22-,23-/m0/s1. The van der Waals surface area contributed by atoms with Crippen LogP contribution in [0.1, 0.15) is 68.1 Å². The van der Waals surface area contributed by atoms with E-state index in [0.29, 0.717) is 71.5 Å². The maximum absolute atomic E-state index is 13.3. The Balaban J connectivity index is 1.97. The molecule has 12 heteroatoms. The lowest BCUT2D eigenvalue weighted by Gasteiger charge is -2.23. The van der Waals surface area contributed by atoms with Crippen LogP contribution in [0.4, 0.5) is 0 Å². The average Bonchev–Trinajstić information content (AvgIpc) is 3.37. The summed E-state index contributed by atoms with van der Waals surface area (Å²) in [5, 5.41) is 8.61. The van der Waals surface area contributed by atoms with Gasteiger partial charge in [-0.3, -0.25) is 19.4 Å². The molecule has 0 spiro atoms. The molecular weight excluding hydrogens is 500 g/mol. The summed E-state index contributed by atoms with van der Waals surface area (Å²) in [5.41, 5.74) is 25.0. The number of hydrogen-bond donors (Lipinski definition) is 7. The topological polar surface area (TPSA) is 213 Å². The van der Waals surface area contributed by atoms with Crippen LogP contribution >= 0.6 is 0 Å². The lowest BCUT2D eigenvalue weighted by atomic mass is 10.0. The Labute approximate surface area is 231 Å². The van der Waals surface area contributed by atoms with Gasteiger partial charge >= 0.3 is 0 Å². The van der Waals surface area contributed by atoms with E-state index < -0.39 is 12.1 Å². The number of amides is 3. The SMILES string of the molecule is NCCCC[C@H](NC(=O)Cc1ccc2c(c1)COC2)C(=O)N[C@@H](CCCCN)C(=O)NCCCCN=C(N)N. The zero-order chi connectivity index (χ0) is 28.5. The molecule has 0 saturated heterocycles. The summed E-state index contributed by atoms with van der Waals surface area (Å²) < 4.78 is 5.45. The second-order valence-electron chi connectivity index (χ2n) is 9.83. The Morgan fingerprint density at radius 1 is 0.846 bits per heavy atom. The highest BCUT2D eigenvalue weighted by Crippen LogP contribution is 2.21. The Bertz CT molecular complexity index is 952. The first kappa shape index (κ1) is 32.0. The molecule has 1 heterocycles. The summed E-state index contributed by atoms with van der Waals surface area (Å²) in [7, 11) is 0. The average molecular weight is 547 g/mol. The summed E-state index contributed by atoms with van der Waals surface area (Å²) in [6, 6.07) is 4.35. The lowest BCUT2D eigenvalue weighted by Crippen LogP contribution is -2.54. The van der Waals surface area contributed by atoms with Crippen molar-refractivity contribution in [2.45, 2.75) is 83.1 Å². The number of nitrogens with two attached hydrogens (primary N) is 4. The van der Waals surface area contributed by atoms with Crippen molar-refractivity contribution >= 4 is 23.7 Å². The molecule has 0 saturated carbocycles. The molecule has 1 aliphatic heterocycles. The monoisotopic (exact) mass is 546 g/mol. The third-order valence-corrected chi connectivity index (χ3v) is 6.51. The van der Waals surface area contributed by atoms with Crippen LogP contribution in [0.25, 0.3) is 0 Å². The number of ether oxygens (including phenoxy) is 1. The number of carbonyl (C=O) groups is 3. The summed E-state index contributed by atoms with van der Waals surface area (Å²) >= 11 is 0. The first-order chi connectivity index (χ1) is 18.8. The van der Waals surface area contributed by atoms with Gasteiger partial charge in [0.1, 0.15) is 12.1 Å². The van der Waals surface area contributed by atoms with E-state index in [4.69, 9.17) is 27.7 Å². The fourth-order valence-corrected chi connectivity index (χ4v) is 4.34. The van der Waals surface area contributed by atoms with Crippen LogP contribution in [0.15, 0.2) is 23.2 Å². The zero-order valence-electron chi connectivity index (χ0n) is 22.9. The Morgan fingerprint density at radius 3 is 2.18 bits per heavy atom. The van der Waals surface area contributed by atoms with Gasteiger partial charge in [-0.25, -0.2) is 0 Å². The smallest absolute Gasteiger partial charge is 0.243 e. The number of rotatable bonds is 19. The van der Waals surface area contributed by atoms with E-state index in [2.05, 4.69) is 20.9 Å². The molecule has 12 nitrogen and oxygen atoms in total. The summed E-state index contributed by atoms with van der Waals surface area (Å²) in [5.74, 6) is -0.874. The Hall–Kier alpha value is -3.22. The number of hydrogen-bond acceptors (Lipinski definition) is 7. The van der Waals surface area contributed by atoms with Crippen molar-refractivity contribution < 1.29 is 19.1 Å². The van der Waals surface area contributed by atoms with E-state index in [1.807, 2.05) is 18.2 Å². The molecule has 1 aromatic rings. The van der Waals surface area contributed by atoms with Crippen molar-refractivity contribution in [3.05, 3.63) is 34.9 Å². The van der Waals surface area contributed by atoms with Gasteiger partial charge < -0.3 is 43.6 Å². The molecule has 218 valence electrons. The van der Waals surface area contributed by atoms with Crippen molar-refractivity contribution in [1.29, 1.82) is 0 Å². The molecular formula is C27H46N8O4. The molecule has 0 aliphatic carbocycles. The van der Waals surface area contributed by atoms with Crippen molar-refractivity contribution in [3.8, 4) is 0 Å². The Kier molecular flexibility index (Phi) is 14.9. The van der Waals surface area contributed by atoms with Gasteiger partial charge in [0.25, 0.3) is 0 Å². The Morgan fingerprint density at radius 2 is 1.51 bits per heavy atom. The van der Waals surface area contributed by atoms with E-state index in [1.54, 1.807) is 0 Å². The normalized spacial score (nSPS) is 13.7. The van der Waals surface area contributed by atoms with Gasteiger partial charge in [0, 0.05) is 13.1 Å². The first-order valence-electron chi connectivity index (χ1n) is 13.9. The predicted octanol–water partition coefficient (Wildman–Crippen LogP) is -0.343. The van der Waals surface area contributed by atoms with Crippen molar-refractivity contribution in [2.24, 2.45) is 27.9 Å². The summed E-state index contributed by atoms with van der Waals surface area (Å²) in [6.07, 6.45) is 5.25. The molecule has 39 heavy (non-hydrogen) atoms. The van der Waals surface area contributed by atoms with Crippen molar-refractivity contribution in [3.63, 3.8) is 0 Å². The number of guanidine groups is 1. The van der Waals surface area contributed by atoms with E-state index >= 15 is 0 Å². The quantitative estimate of drug-likeness (QED) is 0.0690. The van der Waals surface area contributed by atoms with Crippen LogP contribution in [0.5, 0.6) is 0 Å². The number of fused-ring (bicyclic) bond motifs is 1. The minimum atomic E-state index is -0.772. The predicted molar refractivity (Wildman–Crippen MR) is 151 cm³/mol. The van der Waals surface area contributed by atoms with Crippen molar-refractivity contribution in [1.82, 2.24) is 16.0 Å². The fraction of sp³-hybridized carbons (Fsp3) is 0.630. The molecule has 11 N–H and O–H groups in total. The molecule has 0 bridgehead atoms. The molecule has 0 fully saturated rings. The highest BCUT2D eigenvalue weighted by Gasteiger charge is 2.26. The van der Waals surface area contributed by atoms with Crippen LogP contribution < -0.4 is 38.9 Å². The molecule has 0 aromatic heterocycles. The van der Waals surface area contributed by atoms with Crippen LogP contribution in [0.3, 0.4) is 0 Å². The maximum Gasteiger partial charge on any atom is 0.243 e. The largest absolute Gasteiger partial charge is 0.372 e. The number of unbranched alkanes of at least 4 members (excludes halogenated alkanes) is 3. The van der Waals surface area contributed by atoms with Gasteiger partial charge in [-0.2, -0.15) is 0 Å². The van der Waals surface area contributed by atoms with Gasteiger partial charge in [0.15, 0.2) is 5.96 Å². The van der Waals surface area contributed by atoms with E-state index in [1.165, 1.54) is 0 Å². The second kappa shape index (κ2) is 18.1. The molecule has 1 aliphatic rings. The van der Waals surface area contributed by atoms with Gasteiger partial charge in [0.05, 0.1) is 19.6 Å². The minimum absolute atomic E-state index is 0.0386. The highest BCUT2D eigenvalue weighted by molar-refractivity contribution is 5.92. The number of nitrogens with zero attached hydrogens (tertiary/aromatic N) is 1. The van der Waals surface area contributed by atoms with Crippen LogP contribution in [0, 0.1) is 0 Å². The minimum Gasteiger partial charge on any atom is -0.372 e. The van der Waals surface area contributed by atoms with E-state index in [-0.39, 0.29) is 30.1 Å². The van der Waals surface area contributed by atoms with Gasteiger partial charge in [-0.05, 0) is 81.1 Å². The summed E-state index contributed by atoms with van der Waals surface area (Å²) in [6.45, 7) is 3.04. The molecule has 0 radical (unpaired) electrons. The first-order valence-corrected chi connectivity index (χ1v) is 13.9. The van der Waals surface area contributed by atoms with E-state index in [0.717, 1.165) is 36.0 Å². The third kappa shape index (κ3) is 12.5. The molecule has 0 unspecified atom stereocenters. The van der Waals surface area contributed by atoms with Gasteiger partial charge in [-0.1, -0.05) is 18.2 Å². The number of benzene rings is 1. The molecule has 1 aromatic carbocycles. The fourth-order valence-electron chi connectivity index (χ4n) is 4.34. The number of nitrogens with one attached hydrogen (secondary N) is 3. The third-order valence-electron chi connectivity index (χ3n) is 6.51. The lowest BCUT2D eigenvalue weighted by molar-refractivity contribution is -0.132. The summed E-state index contributed by atoms with van der Waals surface area (Å²) in [4.78, 5) is 43.0. The van der Waals surface area contributed by atoms with Gasteiger partial charge in [-0.15, -0.1) is 0 Å². The van der Waals surface area contributed by atoms with E-state index in [9.17, 15) is 14.4 Å². The molecule has 2 atom stereocenters. The second-order valence-corrected chi connectivity index (χ2v) is 9.83. The molecule has 2 rings (SSSR count). The van der Waals surface area contributed by atoms with Crippen molar-refractivity contribution in [2.75, 3.05) is 26.2 Å². The van der Waals surface area contributed by atoms with Crippen LogP contribution in [-0.2, 0) is 38.8 Å². The number of aliphatic imine (C=N–C) groups is 1.